The topological polar surface area (TPSA) is 82.6 Å². The average Bonchev–Trinajstić information content (AvgIpc) is 3.26. The van der Waals surface area contributed by atoms with Gasteiger partial charge in [-0.3, -0.25) is 0 Å². The minimum atomic E-state index is -0.547. The van der Waals surface area contributed by atoms with Crippen LogP contribution in [0.5, 0.6) is 11.5 Å². The molecule has 0 aliphatic carbocycles. The number of esters is 1. The number of anilines is 2. The third kappa shape index (κ3) is 4.30. The number of nitrogens with zero attached hydrogens (tertiary/aromatic N) is 2. The van der Waals surface area contributed by atoms with E-state index in [-0.39, 0.29) is 18.2 Å². The van der Waals surface area contributed by atoms with Crippen molar-refractivity contribution in [2.24, 2.45) is 0 Å². The standard InChI is InChI=1S/C26H23N3O4/c1-2-31-23-14-8-6-12-21(23)29-25-24(27-19-10-4-5-11-20(19)28-25)26(30)33-16-17-15-32-22-13-7-3-9-18(17)22/h3-14,17H,2,15-16H2,1H3,(H,28,29)/t17-/m1/s1. The first-order valence-electron chi connectivity index (χ1n) is 10.9. The van der Waals surface area contributed by atoms with Gasteiger partial charge in [0.05, 0.1) is 35.9 Å². The van der Waals surface area contributed by atoms with Crippen molar-refractivity contribution in [3.63, 3.8) is 0 Å². The first kappa shape index (κ1) is 20.8. The molecule has 166 valence electrons. The molecule has 7 heteroatoms. The lowest BCUT2D eigenvalue weighted by atomic mass is 10.0. The molecule has 7 nitrogen and oxygen atoms in total. The van der Waals surface area contributed by atoms with E-state index in [0.717, 1.165) is 11.3 Å². The maximum Gasteiger partial charge on any atom is 0.360 e. The number of para-hydroxylation sites is 5. The van der Waals surface area contributed by atoms with Gasteiger partial charge in [-0.25, -0.2) is 14.8 Å². The first-order chi connectivity index (χ1) is 16.2. The number of hydrogen-bond acceptors (Lipinski definition) is 7. The van der Waals surface area contributed by atoms with E-state index in [9.17, 15) is 4.79 Å². The van der Waals surface area contributed by atoms with Gasteiger partial charge >= 0.3 is 5.97 Å². The number of aromatic nitrogens is 2. The number of carbonyl (C=O) groups is 1. The van der Waals surface area contributed by atoms with Gasteiger partial charge in [0, 0.05) is 5.56 Å². The molecule has 2 heterocycles. The second-order valence-electron chi connectivity index (χ2n) is 7.61. The summed E-state index contributed by atoms with van der Waals surface area (Å²) < 4.78 is 17.1. The Balaban J connectivity index is 1.43. The van der Waals surface area contributed by atoms with Crippen LogP contribution in [0.3, 0.4) is 0 Å². The van der Waals surface area contributed by atoms with Gasteiger partial charge in [0.2, 0.25) is 0 Å². The molecule has 0 spiro atoms. The van der Waals surface area contributed by atoms with Gasteiger partial charge < -0.3 is 19.5 Å². The van der Waals surface area contributed by atoms with E-state index < -0.39 is 5.97 Å². The van der Waals surface area contributed by atoms with Crippen molar-refractivity contribution in [1.82, 2.24) is 9.97 Å². The van der Waals surface area contributed by atoms with Gasteiger partial charge in [-0.1, -0.05) is 42.5 Å². The summed E-state index contributed by atoms with van der Waals surface area (Å²) in [7, 11) is 0. The van der Waals surface area contributed by atoms with Crippen LogP contribution in [0.1, 0.15) is 28.9 Å². The molecule has 3 aromatic carbocycles. The third-order valence-corrected chi connectivity index (χ3v) is 5.42. The quantitative estimate of drug-likeness (QED) is 0.399. The molecule has 0 radical (unpaired) electrons. The van der Waals surface area contributed by atoms with Crippen molar-refractivity contribution in [2.75, 3.05) is 25.1 Å². The van der Waals surface area contributed by atoms with Crippen LogP contribution >= 0.6 is 0 Å². The summed E-state index contributed by atoms with van der Waals surface area (Å²) in [6, 6.07) is 22.7. The molecule has 5 rings (SSSR count). The molecule has 0 saturated carbocycles. The van der Waals surface area contributed by atoms with Crippen LogP contribution in [0.15, 0.2) is 72.8 Å². The Morgan fingerprint density at radius 2 is 1.73 bits per heavy atom. The van der Waals surface area contributed by atoms with E-state index >= 15 is 0 Å². The summed E-state index contributed by atoms with van der Waals surface area (Å²) in [4.78, 5) is 22.4. The van der Waals surface area contributed by atoms with Crippen LogP contribution in [-0.2, 0) is 4.74 Å². The van der Waals surface area contributed by atoms with Crippen LogP contribution < -0.4 is 14.8 Å². The van der Waals surface area contributed by atoms with E-state index in [2.05, 4.69) is 15.3 Å². The second kappa shape index (κ2) is 9.16. The number of fused-ring (bicyclic) bond motifs is 2. The number of hydrogen-bond donors (Lipinski definition) is 1. The van der Waals surface area contributed by atoms with Crippen molar-refractivity contribution in [3.05, 3.63) is 84.1 Å². The zero-order valence-electron chi connectivity index (χ0n) is 18.2. The largest absolute Gasteiger partial charge is 0.493 e. The Morgan fingerprint density at radius 3 is 2.58 bits per heavy atom. The molecule has 33 heavy (non-hydrogen) atoms. The van der Waals surface area contributed by atoms with Crippen molar-refractivity contribution in [3.8, 4) is 11.5 Å². The Morgan fingerprint density at radius 1 is 1.00 bits per heavy atom. The zero-order valence-corrected chi connectivity index (χ0v) is 18.2. The van der Waals surface area contributed by atoms with E-state index in [1.54, 1.807) is 0 Å². The van der Waals surface area contributed by atoms with Gasteiger partial charge in [-0.05, 0) is 37.3 Å². The molecule has 0 unspecified atom stereocenters. The summed E-state index contributed by atoms with van der Waals surface area (Å²) in [6.45, 7) is 3.10. The summed E-state index contributed by atoms with van der Waals surface area (Å²) in [5.74, 6) is 1.24. The molecule has 1 aliphatic rings. The van der Waals surface area contributed by atoms with Crippen LogP contribution in [0.4, 0.5) is 11.5 Å². The molecule has 0 saturated heterocycles. The zero-order chi connectivity index (χ0) is 22.6. The van der Waals surface area contributed by atoms with E-state index in [1.165, 1.54) is 0 Å². The summed E-state index contributed by atoms with van der Waals surface area (Å²) in [6.07, 6.45) is 0. The third-order valence-electron chi connectivity index (χ3n) is 5.42. The number of ether oxygens (including phenoxy) is 3. The molecule has 4 aromatic rings. The molecule has 1 aliphatic heterocycles. The molecular weight excluding hydrogens is 418 g/mol. The second-order valence-corrected chi connectivity index (χ2v) is 7.61. The lowest BCUT2D eigenvalue weighted by Crippen LogP contribution is -2.17. The van der Waals surface area contributed by atoms with Gasteiger partial charge in [0.1, 0.15) is 18.1 Å². The monoisotopic (exact) mass is 441 g/mol. The Kier molecular flexibility index (Phi) is 5.76. The highest BCUT2D eigenvalue weighted by molar-refractivity contribution is 5.96. The molecule has 1 N–H and O–H groups in total. The molecule has 1 aromatic heterocycles. The fourth-order valence-corrected chi connectivity index (χ4v) is 3.82. The first-order valence-corrected chi connectivity index (χ1v) is 10.9. The summed E-state index contributed by atoms with van der Waals surface area (Å²) in [5, 5.41) is 3.22. The van der Waals surface area contributed by atoms with Gasteiger partial charge in [0.25, 0.3) is 0 Å². The maximum atomic E-state index is 13.1. The summed E-state index contributed by atoms with van der Waals surface area (Å²) in [5.41, 5.74) is 3.13. The van der Waals surface area contributed by atoms with Crippen LogP contribution in [0, 0.1) is 0 Å². The highest BCUT2D eigenvalue weighted by Crippen LogP contribution is 2.34. The smallest absolute Gasteiger partial charge is 0.360 e. The Bertz CT molecular complexity index is 1310. The maximum absolute atomic E-state index is 13.1. The lowest BCUT2D eigenvalue weighted by Gasteiger charge is -2.15. The average molecular weight is 441 g/mol. The number of nitrogens with one attached hydrogen (secondary N) is 1. The molecule has 0 fully saturated rings. The van der Waals surface area contributed by atoms with Crippen LogP contribution in [0.2, 0.25) is 0 Å². The molecule has 1 atom stereocenters. The van der Waals surface area contributed by atoms with Crippen LogP contribution in [-0.4, -0.2) is 35.8 Å². The van der Waals surface area contributed by atoms with Gasteiger partial charge in [-0.15, -0.1) is 0 Å². The number of rotatable bonds is 7. The lowest BCUT2D eigenvalue weighted by molar-refractivity contribution is 0.0465. The van der Waals surface area contributed by atoms with E-state index in [0.29, 0.717) is 41.5 Å². The Labute approximate surface area is 191 Å². The minimum absolute atomic E-state index is 0.0198. The number of benzene rings is 3. The fourth-order valence-electron chi connectivity index (χ4n) is 3.82. The normalized spacial score (nSPS) is 14.4. The van der Waals surface area contributed by atoms with Crippen molar-refractivity contribution in [2.45, 2.75) is 12.8 Å². The highest BCUT2D eigenvalue weighted by Gasteiger charge is 2.26. The molecule has 0 bridgehead atoms. The molecule has 0 amide bonds. The van der Waals surface area contributed by atoms with Crippen molar-refractivity contribution >= 4 is 28.5 Å². The fraction of sp³-hybridized carbons (Fsp3) is 0.192. The van der Waals surface area contributed by atoms with Crippen LogP contribution in [0.25, 0.3) is 11.0 Å². The number of carbonyl (C=O) groups excluding carboxylic acids is 1. The predicted molar refractivity (Wildman–Crippen MR) is 125 cm³/mol. The Hall–Kier alpha value is -4.13. The minimum Gasteiger partial charge on any atom is -0.493 e. The van der Waals surface area contributed by atoms with Crippen molar-refractivity contribution in [1.29, 1.82) is 0 Å². The highest BCUT2D eigenvalue weighted by atomic mass is 16.5. The van der Waals surface area contributed by atoms with E-state index in [1.807, 2.05) is 79.7 Å². The SMILES string of the molecule is CCOc1ccccc1Nc1nc2ccccc2nc1C(=O)OC[C@H]1COc2ccccc21. The molecular formula is C26H23N3O4. The van der Waals surface area contributed by atoms with Crippen molar-refractivity contribution < 1.29 is 19.0 Å². The van der Waals surface area contributed by atoms with Gasteiger partial charge in [-0.2, -0.15) is 0 Å². The summed E-state index contributed by atoms with van der Waals surface area (Å²) >= 11 is 0. The van der Waals surface area contributed by atoms with E-state index in [4.69, 9.17) is 14.2 Å². The predicted octanol–water partition coefficient (Wildman–Crippen LogP) is 5.11. The van der Waals surface area contributed by atoms with Gasteiger partial charge in [0.15, 0.2) is 11.5 Å².